The highest BCUT2D eigenvalue weighted by Crippen LogP contribution is 2.23. The summed E-state index contributed by atoms with van der Waals surface area (Å²) in [5.41, 5.74) is -0.0823. The number of carbonyl (C=O) groups excluding carboxylic acids is 1. The quantitative estimate of drug-likeness (QED) is 0.682. The molecule has 0 saturated heterocycles. The summed E-state index contributed by atoms with van der Waals surface area (Å²) in [7, 11) is 1.21. The summed E-state index contributed by atoms with van der Waals surface area (Å²) in [5.74, 6) is -1.81. The normalized spacial score (nSPS) is 9.87. The Kier molecular flexibility index (Phi) is 4.02. The van der Waals surface area contributed by atoms with Crippen LogP contribution in [0.3, 0.4) is 0 Å². The molecular weight excluding hydrogens is 272 g/mol. The monoisotopic (exact) mass is 279 g/mol. The second kappa shape index (κ2) is 5.06. The van der Waals surface area contributed by atoms with E-state index < -0.39 is 17.6 Å². The number of rotatable bonds is 3. The number of halogens is 3. The van der Waals surface area contributed by atoms with E-state index in [0.717, 1.165) is 12.1 Å². The lowest BCUT2D eigenvalue weighted by Crippen LogP contribution is -2.15. The number of hydrogen-bond acceptors (Lipinski definition) is 3. The summed E-state index contributed by atoms with van der Waals surface area (Å²) in [5, 5.41) is 2.42. The van der Waals surface area contributed by atoms with Crippen molar-refractivity contribution in [3.63, 3.8) is 0 Å². The third-order valence-corrected chi connectivity index (χ3v) is 2.27. The largest absolute Gasteiger partial charge is 0.468 e. The van der Waals surface area contributed by atoms with Crippen LogP contribution in [0.2, 0.25) is 0 Å². The first-order valence-electron chi connectivity index (χ1n) is 4.00. The molecule has 0 radical (unpaired) electrons. The van der Waals surface area contributed by atoms with Gasteiger partial charge in [0.25, 0.3) is 0 Å². The van der Waals surface area contributed by atoms with E-state index in [1.165, 1.54) is 7.11 Å². The Morgan fingerprint density at radius 2 is 2.13 bits per heavy atom. The summed E-state index contributed by atoms with van der Waals surface area (Å²) >= 11 is 2.84. The molecule has 0 amide bonds. The van der Waals surface area contributed by atoms with Crippen LogP contribution in [0.4, 0.5) is 14.5 Å². The van der Waals surface area contributed by atoms with Crippen molar-refractivity contribution in [3.8, 4) is 0 Å². The molecule has 0 unspecified atom stereocenters. The number of benzene rings is 1. The topological polar surface area (TPSA) is 38.3 Å². The minimum absolute atomic E-state index is 0.0311. The highest BCUT2D eigenvalue weighted by molar-refractivity contribution is 9.10. The molecule has 1 aromatic carbocycles. The maximum atomic E-state index is 13.2. The molecule has 82 valence electrons. The zero-order chi connectivity index (χ0) is 11.4. The molecule has 0 atom stereocenters. The number of ether oxygens (including phenoxy) is 1. The molecule has 0 fully saturated rings. The van der Waals surface area contributed by atoms with Gasteiger partial charge in [0, 0.05) is 6.07 Å². The van der Waals surface area contributed by atoms with Gasteiger partial charge in [-0.2, -0.15) is 0 Å². The van der Waals surface area contributed by atoms with Gasteiger partial charge < -0.3 is 10.1 Å². The van der Waals surface area contributed by atoms with Gasteiger partial charge in [-0.1, -0.05) is 0 Å². The number of carbonyl (C=O) groups is 1. The molecule has 0 aliphatic carbocycles. The zero-order valence-corrected chi connectivity index (χ0v) is 9.40. The van der Waals surface area contributed by atoms with Crippen LogP contribution in [0.1, 0.15) is 0 Å². The zero-order valence-electron chi connectivity index (χ0n) is 7.81. The second-order valence-corrected chi connectivity index (χ2v) is 3.53. The van der Waals surface area contributed by atoms with Crippen LogP contribution >= 0.6 is 15.9 Å². The molecule has 0 spiro atoms. The maximum absolute atomic E-state index is 13.2. The second-order valence-electron chi connectivity index (χ2n) is 2.68. The van der Waals surface area contributed by atoms with Crippen molar-refractivity contribution in [3.05, 3.63) is 28.2 Å². The number of methoxy groups -OCH3 is 1. The highest BCUT2D eigenvalue weighted by Gasteiger charge is 2.09. The molecule has 0 aromatic heterocycles. The van der Waals surface area contributed by atoms with E-state index in [1.807, 2.05) is 0 Å². The van der Waals surface area contributed by atoms with E-state index in [2.05, 4.69) is 26.0 Å². The first-order chi connectivity index (χ1) is 7.04. The summed E-state index contributed by atoms with van der Waals surface area (Å²) < 4.78 is 30.5. The van der Waals surface area contributed by atoms with Crippen LogP contribution in [0.5, 0.6) is 0 Å². The fourth-order valence-corrected chi connectivity index (χ4v) is 1.21. The average Bonchev–Trinajstić information content (AvgIpc) is 2.21. The highest BCUT2D eigenvalue weighted by atomic mass is 79.9. The number of esters is 1. The van der Waals surface area contributed by atoms with E-state index in [-0.39, 0.29) is 16.7 Å². The van der Waals surface area contributed by atoms with Gasteiger partial charge in [0.05, 0.1) is 17.3 Å². The van der Waals surface area contributed by atoms with Crippen LogP contribution < -0.4 is 5.32 Å². The standard InChI is InChI=1S/C9H8BrF2NO2/c1-15-9(14)4-13-8-3-6(11)5(10)2-7(8)12/h2-3,13H,4H2,1H3. The lowest BCUT2D eigenvalue weighted by atomic mass is 10.3. The third kappa shape index (κ3) is 3.16. The molecule has 0 aliphatic rings. The smallest absolute Gasteiger partial charge is 0.325 e. The maximum Gasteiger partial charge on any atom is 0.325 e. The Morgan fingerprint density at radius 3 is 2.73 bits per heavy atom. The lowest BCUT2D eigenvalue weighted by Gasteiger charge is -2.07. The van der Waals surface area contributed by atoms with Crippen LogP contribution in [0.25, 0.3) is 0 Å². The van der Waals surface area contributed by atoms with Gasteiger partial charge in [-0.25, -0.2) is 8.78 Å². The van der Waals surface area contributed by atoms with Crippen molar-refractivity contribution in [1.29, 1.82) is 0 Å². The van der Waals surface area contributed by atoms with Crippen molar-refractivity contribution in [2.24, 2.45) is 0 Å². The van der Waals surface area contributed by atoms with E-state index in [9.17, 15) is 13.6 Å². The molecule has 6 heteroatoms. The Balaban J connectivity index is 2.77. The Hall–Kier alpha value is -1.17. The minimum Gasteiger partial charge on any atom is -0.468 e. The molecule has 1 rings (SSSR count). The summed E-state index contributed by atoms with van der Waals surface area (Å²) in [4.78, 5) is 10.7. The minimum atomic E-state index is -0.646. The van der Waals surface area contributed by atoms with Gasteiger partial charge in [-0.05, 0) is 22.0 Å². The molecule has 1 aromatic rings. The van der Waals surface area contributed by atoms with Crippen LogP contribution in [0, 0.1) is 11.6 Å². The first-order valence-corrected chi connectivity index (χ1v) is 4.79. The van der Waals surface area contributed by atoms with Crippen LogP contribution in [0.15, 0.2) is 16.6 Å². The van der Waals surface area contributed by atoms with Gasteiger partial charge in [0.2, 0.25) is 0 Å². The van der Waals surface area contributed by atoms with Crippen molar-refractivity contribution in [2.75, 3.05) is 19.0 Å². The summed E-state index contributed by atoms with van der Waals surface area (Å²) in [6, 6.07) is 1.94. The predicted octanol–water partition coefficient (Wildman–Crippen LogP) is 2.31. The molecule has 0 aliphatic heterocycles. The molecule has 15 heavy (non-hydrogen) atoms. The van der Waals surface area contributed by atoms with Crippen LogP contribution in [-0.4, -0.2) is 19.6 Å². The predicted molar refractivity (Wildman–Crippen MR) is 54.6 cm³/mol. The van der Waals surface area contributed by atoms with Crippen molar-refractivity contribution >= 4 is 27.6 Å². The molecular formula is C9H8BrF2NO2. The Labute approximate surface area is 93.5 Å². The average molecular weight is 280 g/mol. The molecule has 0 heterocycles. The van der Waals surface area contributed by atoms with Gasteiger partial charge in [-0.3, -0.25) is 4.79 Å². The van der Waals surface area contributed by atoms with Gasteiger partial charge in [0.15, 0.2) is 0 Å². The third-order valence-electron chi connectivity index (χ3n) is 1.66. The molecule has 0 saturated carbocycles. The van der Waals surface area contributed by atoms with Crippen molar-refractivity contribution in [2.45, 2.75) is 0 Å². The SMILES string of the molecule is COC(=O)CNc1cc(F)c(Br)cc1F. The first kappa shape index (κ1) is 11.9. The van der Waals surface area contributed by atoms with Crippen LogP contribution in [-0.2, 0) is 9.53 Å². The van der Waals surface area contributed by atoms with E-state index >= 15 is 0 Å². The fraction of sp³-hybridized carbons (Fsp3) is 0.222. The Morgan fingerprint density at radius 1 is 1.47 bits per heavy atom. The van der Waals surface area contributed by atoms with Gasteiger partial charge in [-0.15, -0.1) is 0 Å². The molecule has 1 N–H and O–H groups in total. The van der Waals surface area contributed by atoms with Gasteiger partial charge >= 0.3 is 5.97 Å². The molecule has 0 bridgehead atoms. The summed E-state index contributed by atoms with van der Waals surface area (Å²) in [6.07, 6.45) is 0. The number of hydrogen-bond donors (Lipinski definition) is 1. The fourth-order valence-electron chi connectivity index (χ4n) is 0.898. The number of anilines is 1. The van der Waals surface area contributed by atoms with E-state index in [1.54, 1.807) is 0 Å². The lowest BCUT2D eigenvalue weighted by molar-refractivity contribution is -0.138. The van der Waals surface area contributed by atoms with Crippen molar-refractivity contribution < 1.29 is 18.3 Å². The van der Waals surface area contributed by atoms with Crippen molar-refractivity contribution in [1.82, 2.24) is 0 Å². The van der Waals surface area contributed by atoms with E-state index in [0.29, 0.717) is 0 Å². The van der Waals surface area contributed by atoms with E-state index in [4.69, 9.17) is 0 Å². The van der Waals surface area contributed by atoms with Gasteiger partial charge in [0.1, 0.15) is 18.2 Å². The number of nitrogens with one attached hydrogen (secondary N) is 1. The summed E-state index contributed by atoms with van der Waals surface area (Å²) in [6.45, 7) is -0.214. The molecule has 3 nitrogen and oxygen atoms in total. The Bertz CT molecular complexity index is 385.